The molecule has 0 saturated carbocycles. The number of rotatable bonds is 3. The van der Waals surface area contributed by atoms with Crippen molar-refractivity contribution in [3.8, 4) is 6.07 Å². The third kappa shape index (κ3) is 2.93. The molecular weight excluding hydrogens is 277 g/mol. The average Bonchev–Trinajstić information content (AvgIpc) is 2.26. The second-order valence-electron chi connectivity index (χ2n) is 3.27. The van der Waals surface area contributed by atoms with Gasteiger partial charge < -0.3 is 0 Å². The van der Waals surface area contributed by atoms with Gasteiger partial charge in [-0.2, -0.15) is 18.4 Å². The Balaban J connectivity index is 3.70. The molecule has 19 heavy (non-hydrogen) atoms. The quantitative estimate of drug-likeness (QED) is 0.484. The maximum Gasteiger partial charge on any atom is 0.418 e. The van der Waals surface area contributed by atoms with E-state index in [1.54, 1.807) is 0 Å². The van der Waals surface area contributed by atoms with Crippen LogP contribution in [0.4, 0.5) is 27.6 Å². The lowest BCUT2D eigenvalue weighted by Gasteiger charge is -2.13. The molecule has 0 spiro atoms. The van der Waals surface area contributed by atoms with Gasteiger partial charge in [0.2, 0.25) is 0 Å². The molecule has 10 heteroatoms. The van der Waals surface area contributed by atoms with Crippen molar-refractivity contribution in [2.45, 2.75) is 19.0 Å². The van der Waals surface area contributed by atoms with Gasteiger partial charge in [0.25, 0.3) is 6.43 Å². The van der Waals surface area contributed by atoms with Crippen molar-refractivity contribution in [1.82, 2.24) is 4.98 Å². The summed E-state index contributed by atoms with van der Waals surface area (Å²) in [6.45, 7) is 0. The predicted octanol–water partition coefficient (Wildman–Crippen LogP) is 3.01. The Bertz CT molecular complexity index is 550. The molecule has 0 aliphatic heterocycles. The first-order chi connectivity index (χ1) is 8.70. The molecule has 0 bridgehead atoms. The zero-order chi connectivity index (χ0) is 14.8. The highest BCUT2D eigenvalue weighted by Crippen LogP contribution is 2.41. The molecular formula is C9H4F5N3O2. The van der Waals surface area contributed by atoms with Crippen LogP contribution in [0.1, 0.15) is 23.2 Å². The lowest BCUT2D eigenvalue weighted by molar-refractivity contribution is -0.387. The smallest absolute Gasteiger partial charge is 0.258 e. The van der Waals surface area contributed by atoms with Crippen molar-refractivity contribution >= 4 is 5.69 Å². The Kier molecular flexibility index (Phi) is 3.98. The maximum atomic E-state index is 12.7. The summed E-state index contributed by atoms with van der Waals surface area (Å²) in [6.07, 6.45) is -9.58. The van der Waals surface area contributed by atoms with Gasteiger partial charge in [-0.25, -0.2) is 8.78 Å². The minimum atomic E-state index is -5.20. The third-order valence-electron chi connectivity index (χ3n) is 2.12. The summed E-state index contributed by atoms with van der Waals surface area (Å²) in [5.41, 5.74) is -5.84. The average molecular weight is 281 g/mol. The van der Waals surface area contributed by atoms with Gasteiger partial charge in [-0.15, -0.1) is 0 Å². The zero-order valence-corrected chi connectivity index (χ0v) is 8.91. The summed E-state index contributed by atoms with van der Waals surface area (Å²) in [5, 5.41) is 19.0. The van der Waals surface area contributed by atoms with E-state index in [0.717, 1.165) is 0 Å². The van der Waals surface area contributed by atoms with Crippen molar-refractivity contribution < 1.29 is 26.9 Å². The van der Waals surface area contributed by atoms with E-state index in [0.29, 0.717) is 0 Å². The molecule has 5 nitrogen and oxygen atoms in total. The summed E-state index contributed by atoms with van der Waals surface area (Å²) in [4.78, 5) is 12.3. The lowest BCUT2D eigenvalue weighted by Crippen LogP contribution is -2.14. The highest BCUT2D eigenvalue weighted by atomic mass is 19.4. The van der Waals surface area contributed by atoms with Crippen molar-refractivity contribution in [3.05, 3.63) is 33.1 Å². The van der Waals surface area contributed by atoms with E-state index < -0.39 is 46.5 Å². The number of nitrogens with zero attached hydrogens (tertiary/aromatic N) is 3. The van der Waals surface area contributed by atoms with Crippen molar-refractivity contribution in [1.29, 1.82) is 5.26 Å². The van der Waals surface area contributed by atoms with Gasteiger partial charge in [-0.05, 0) is 0 Å². The van der Waals surface area contributed by atoms with Gasteiger partial charge in [0.1, 0.15) is 11.3 Å². The fourth-order valence-corrected chi connectivity index (χ4v) is 1.41. The molecule has 0 N–H and O–H groups in total. The Morgan fingerprint density at radius 2 is 2.05 bits per heavy atom. The summed E-state index contributed by atoms with van der Waals surface area (Å²) in [7, 11) is 0. The summed E-state index contributed by atoms with van der Waals surface area (Å²) < 4.78 is 62.9. The Morgan fingerprint density at radius 1 is 1.47 bits per heavy atom. The SMILES string of the molecule is N#CCc1ncc(C(F)(F)F)c(C(F)F)c1[N+](=O)[O-]. The number of hydrogen-bond acceptors (Lipinski definition) is 4. The van der Waals surface area contributed by atoms with E-state index in [1.165, 1.54) is 6.07 Å². The molecule has 1 aromatic heterocycles. The first-order valence-electron chi connectivity index (χ1n) is 4.58. The molecule has 102 valence electrons. The Morgan fingerprint density at radius 3 is 2.42 bits per heavy atom. The predicted molar refractivity (Wildman–Crippen MR) is 50.2 cm³/mol. The molecule has 0 radical (unpaired) electrons. The van der Waals surface area contributed by atoms with Crippen LogP contribution >= 0.6 is 0 Å². The van der Waals surface area contributed by atoms with Gasteiger partial charge in [-0.3, -0.25) is 15.1 Å². The zero-order valence-electron chi connectivity index (χ0n) is 8.91. The molecule has 1 aromatic rings. The second kappa shape index (κ2) is 5.13. The number of nitro groups is 1. The highest BCUT2D eigenvalue weighted by molar-refractivity contribution is 5.50. The molecule has 0 aliphatic rings. The number of aromatic nitrogens is 1. The molecule has 0 aromatic carbocycles. The maximum absolute atomic E-state index is 12.7. The van der Waals surface area contributed by atoms with Crippen LogP contribution in [0.2, 0.25) is 0 Å². The molecule has 0 aliphatic carbocycles. The minimum Gasteiger partial charge on any atom is -0.258 e. The second-order valence-corrected chi connectivity index (χ2v) is 3.27. The number of hydrogen-bond donors (Lipinski definition) is 0. The van der Waals surface area contributed by atoms with Crippen LogP contribution in [-0.2, 0) is 12.6 Å². The molecule has 0 unspecified atom stereocenters. The van der Waals surface area contributed by atoms with E-state index in [9.17, 15) is 32.1 Å². The third-order valence-corrected chi connectivity index (χ3v) is 2.12. The van der Waals surface area contributed by atoms with E-state index in [1.807, 2.05) is 0 Å². The van der Waals surface area contributed by atoms with Crippen LogP contribution in [0.3, 0.4) is 0 Å². The summed E-state index contributed by atoms with van der Waals surface area (Å²) in [5.74, 6) is 0. The van der Waals surface area contributed by atoms with E-state index in [-0.39, 0.29) is 6.20 Å². The van der Waals surface area contributed by atoms with Crippen LogP contribution < -0.4 is 0 Å². The minimum absolute atomic E-state index is 0.0706. The topological polar surface area (TPSA) is 79.8 Å². The monoisotopic (exact) mass is 281 g/mol. The summed E-state index contributed by atoms with van der Waals surface area (Å²) in [6, 6.07) is 1.41. The fourth-order valence-electron chi connectivity index (χ4n) is 1.41. The normalized spacial score (nSPS) is 11.4. The van der Waals surface area contributed by atoms with Gasteiger partial charge in [0.15, 0.2) is 0 Å². The largest absolute Gasteiger partial charge is 0.418 e. The number of alkyl halides is 5. The van der Waals surface area contributed by atoms with Crippen LogP contribution in [0.5, 0.6) is 0 Å². The van der Waals surface area contributed by atoms with Gasteiger partial charge >= 0.3 is 11.9 Å². The molecule has 0 amide bonds. The lowest BCUT2D eigenvalue weighted by atomic mass is 10.1. The first-order valence-corrected chi connectivity index (χ1v) is 4.58. The van der Waals surface area contributed by atoms with Crippen molar-refractivity contribution in [3.63, 3.8) is 0 Å². The van der Waals surface area contributed by atoms with E-state index >= 15 is 0 Å². The first kappa shape index (κ1) is 14.7. The van der Waals surface area contributed by atoms with Crippen LogP contribution in [-0.4, -0.2) is 9.91 Å². The van der Waals surface area contributed by atoms with Crippen molar-refractivity contribution in [2.75, 3.05) is 0 Å². The molecule has 0 saturated heterocycles. The summed E-state index contributed by atoms with van der Waals surface area (Å²) >= 11 is 0. The number of nitriles is 1. The Hall–Kier alpha value is -2.31. The van der Waals surface area contributed by atoms with Gasteiger partial charge in [-0.1, -0.05) is 0 Å². The molecule has 1 heterocycles. The fraction of sp³-hybridized carbons (Fsp3) is 0.333. The van der Waals surface area contributed by atoms with E-state index in [2.05, 4.69) is 4.98 Å². The molecule has 0 fully saturated rings. The van der Waals surface area contributed by atoms with Crippen LogP contribution in [0.25, 0.3) is 0 Å². The highest BCUT2D eigenvalue weighted by Gasteiger charge is 2.42. The molecule has 0 atom stereocenters. The van der Waals surface area contributed by atoms with Gasteiger partial charge in [0, 0.05) is 6.20 Å². The number of halogens is 5. The Labute approximate surface area is 102 Å². The molecule has 1 rings (SSSR count). The van der Waals surface area contributed by atoms with Crippen LogP contribution in [0.15, 0.2) is 6.20 Å². The van der Waals surface area contributed by atoms with E-state index in [4.69, 9.17) is 5.26 Å². The van der Waals surface area contributed by atoms with Crippen LogP contribution in [0, 0.1) is 21.4 Å². The van der Waals surface area contributed by atoms with Crippen molar-refractivity contribution in [2.24, 2.45) is 0 Å². The standard InChI is InChI=1S/C9H4F5N3O2/c10-8(11)6-4(9(12,13)14)3-16-5(1-2-15)7(6)17(18)19/h3,8H,1H2. The number of pyridine rings is 1. The van der Waals surface area contributed by atoms with Gasteiger partial charge in [0.05, 0.1) is 23.0 Å².